The Kier molecular flexibility index (Phi) is 10.1. The van der Waals surface area contributed by atoms with E-state index in [1.165, 1.54) is 0 Å². The highest BCUT2D eigenvalue weighted by molar-refractivity contribution is 6.71. The van der Waals surface area contributed by atoms with E-state index in [1.54, 1.807) is 14.2 Å². The van der Waals surface area contributed by atoms with Crippen LogP contribution in [0.5, 0.6) is 0 Å². The number of hydrogen-bond donors (Lipinski definition) is 0. The Bertz CT molecular complexity index is 249. The summed E-state index contributed by atoms with van der Waals surface area (Å²) in [5.74, 6) is -0.157. The normalized spacial score (nSPS) is 11.9. The van der Waals surface area contributed by atoms with Crippen molar-refractivity contribution < 1.29 is 18.7 Å². The van der Waals surface area contributed by atoms with Crippen LogP contribution in [-0.2, 0) is 18.7 Å². The Morgan fingerprint density at radius 2 is 1.84 bits per heavy atom. The van der Waals surface area contributed by atoms with Gasteiger partial charge in [0.15, 0.2) is 8.32 Å². The van der Waals surface area contributed by atoms with Crippen molar-refractivity contribution in [1.82, 2.24) is 4.90 Å². The lowest BCUT2D eigenvalue weighted by atomic mass is 10.3. The van der Waals surface area contributed by atoms with Crippen molar-refractivity contribution in [3.05, 3.63) is 0 Å². The maximum absolute atomic E-state index is 11.4. The number of nitrogens with zero attached hydrogens (tertiary/aromatic N) is 1. The molecule has 6 heteroatoms. The Morgan fingerprint density at radius 3 is 2.42 bits per heavy atom. The smallest absolute Gasteiger partial charge is 0.307 e. The molecule has 0 saturated carbocycles. The van der Waals surface area contributed by atoms with Gasteiger partial charge in [-0.25, -0.2) is 0 Å². The summed E-state index contributed by atoms with van der Waals surface area (Å²) in [7, 11) is 3.98. The minimum absolute atomic E-state index is 0.157. The van der Waals surface area contributed by atoms with Crippen molar-refractivity contribution in [1.29, 1.82) is 0 Å². The van der Waals surface area contributed by atoms with Crippen LogP contribution in [0.25, 0.3) is 0 Å². The molecule has 0 aromatic rings. The highest BCUT2D eigenvalue weighted by Gasteiger charge is 2.19. The number of ether oxygens (including phenoxy) is 2. The predicted molar refractivity (Wildman–Crippen MR) is 78.9 cm³/mol. The van der Waals surface area contributed by atoms with Crippen molar-refractivity contribution in [3.8, 4) is 0 Å². The van der Waals surface area contributed by atoms with E-state index < -0.39 is 8.32 Å². The molecule has 0 heterocycles. The average molecular weight is 291 g/mol. The Labute approximate surface area is 118 Å². The molecule has 114 valence electrons. The topological polar surface area (TPSA) is 48.0 Å². The number of carbonyl (C=O) groups excluding carboxylic acids is 1. The van der Waals surface area contributed by atoms with Crippen molar-refractivity contribution in [2.45, 2.75) is 32.0 Å². The van der Waals surface area contributed by atoms with Crippen LogP contribution in [0.4, 0.5) is 0 Å². The molecule has 0 fully saturated rings. The van der Waals surface area contributed by atoms with Crippen LogP contribution in [0.2, 0.25) is 19.1 Å². The van der Waals surface area contributed by atoms with Crippen LogP contribution in [0.1, 0.15) is 12.8 Å². The molecule has 0 saturated heterocycles. The molecule has 0 amide bonds. The third kappa shape index (κ3) is 11.1. The van der Waals surface area contributed by atoms with Gasteiger partial charge in [0.1, 0.15) is 6.61 Å². The minimum Gasteiger partial charge on any atom is -0.463 e. The Morgan fingerprint density at radius 1 is 1.16 bits per heavy atom. The summed E-state index contributed by atoms with van der Waals surface area (Å²) >= 11 is 0. The average Bonchev–Trinajstić information content (AvgIpc) is 2.36. The molecule has 0 unspecified atom stereocenters. The molecule has 0 bridgehead atoms. The number of rotatable bonds is 11. The lowest BCUT2D eigenvalue weighted by molar-refractivity contribution is -0.145. The first-order valence-electron chi connectivity index (χ1n) is 6.79. The Balaban J connectivity index is 3.58. The molecular weight excluding hydrogens is 262 g/mol. The monoisotopic (exact) mass is 291 g/mol. The van der Waals surface area contributed by atoms with E-state index in [0.29, 0.717) is 19.6 Å². The highest BCUT2D eigenvalue weighted by atomic mass is 28.4. The summed E-state index contributed by atoms with van der Waals surface area (Å²) in [6.07, 6.45) is 1.55. The number of carbonyl (C=O) groups is 1. The van der Waals surface area contributed by atoms with Crippen LogP contribution < -0.4 is 0 Å². The molecule has 0 rings (SSSR count). The van der Waals surface area contributed by atoms with E-state index in [0.717, 1.165) is 25.6 Å². The van der Waals surface area contributed by atoms with E-state index in [4.69, 9.17) is 13.9 Å². The van der Waals surface area contributed by atoms with Crippen LogP contribution in [0, 0.1) is 0 Å². The standard InChI is InChI=1S/C13H29NO4Si/c1-14(8-6-12-19(4,5)17-3)9-7-13(15)18-11-10-16-2/h6-12H2,1-5H3. The third-order valence-corrected chi connectivity index (χ3v) is 5.78. The zero-order valence-corrected chi connectivity index (χ0v) is 14.0. The maximum Gasteiger partial charge on any atom is 0.307 e. The van der Waals surface area contributed by atoms with Gasteiger partial charge < -0.3 is 18.8 Å². The largest absolute Gasteiger partial charge is 0.463 e. The van der Waals surface area contributed by atoms with Gasteiger partial charge in [0.05, 0.1) is 13.0 Å². The molecule has 0 spiro atoms. The van der Waals surface area contributed by atoms with Gasteiger partial charge in [-0.3, -0.25) is 4.79 Å². The molecule has 0 atom stereocenters. The van der Waals surface area contributed by atoms with Crippen LogP contribution in [0.3, 0.4) is 0 Å². The van der Waals surface area contributed by atoms with E-state index >= 15 is 0 Å². The molecule has 0 radical (unpaired) electrons. The number of esters is 1. The fourth-order valence-electron chi connectivity index (χ4n) is 1.58. The first kappa shape index (κ1) is 18.6. The molecular formula is C13H29NO4Si. The summed E-state index contributed by atoms with van der Waals surface area (Å²) in [4.78, 5) is 13.5. The molecule has 0 aliphatic heterocycles. The summed E-state index contributed by atoms with van der Waals surface area (Å²) in [5.41, 5.74) is 0. The van der Waals surface area contributed by atoms with Crippen LogP contribution in [-0.4, -0.2) is 66.8 Å². The lowest BCUT2D eigenvalue weighted by Crippen LogP contribution is -2.30. The minimum atomic E-state index is -1.44. The van der Waals surface area contributed by atoms with Gasteiger partial charge in [0.2, 0.25) is 0 Å². The number of hydrogen-bond acceptors (Lipinski definition) is 5. The van der Waals surface area contributed by atoms with Gasteiger partial charge in [-0.1, -0.05) is 0 Å². The Hall–Kier alpha value is -0.433. The molecule has 0 N–H and O–H groups in total. The molecule has 0 aliphatic carbocycles. The number of methoxy groups -OCH3 is 1. The lowest BCUT2D eigenvalue weighted by Gasteiger charge is -2.22. The van der Waals surface area contributed by atoms with Crippen LogP contribution >= 0.6 is 0 Å². The summed E-state index contributed by atoms with van der Waals surface area (Å²) in [6, 6.07) is 1.14. The second-order valence-corrected chi connectivity index (χ2v) is 9.76. The van der Waals surface area contributed by atoms with Crippen molar-refractivity contribution in [2.24, 2.45) is 0 Å². The fourth-order valence-corrected chi connectivity index (χ4v) is 2.80. The zero-order chi connectivity index (χ0) is 14.7. The van der Waals surface area contributed by atoms with E-state index in [2.05, 4.69) is 18.0 Å². The first-order valence-corrected chi connectivity index (χ1v) is 9.91. The molecule has 0 aromatic carbocycles. The van der Waals surface area contributed by atoms with Gasteiger partial charge >= 0.3 is 5.97 Å². The van der Waals surface area contributed by atoms with Crippen LogP contribution in [0.15, 0.2) is 0 Å². The van der Waals surface area contributed by atoms with Gasteiger partial charge in [0, 0.05) is 20.8 Å². The predicted octanol–water partition coefficient (Wildman–Crippen LogP) is 1.74. The quantitative estimate of drug-likeness (QED) is 0.330. The first-order chi connectivity index (χ1) is 8.91. The summed E-state index contributed by atoms with van der Waals surface area (Å²) < 4.78 is 15.3. The molecule has 0 aliphatic rings. The van der Waals surface area contributed by atoms with E-state index in [-0.39, 0.29) is 5.97 Å². The van der Waals surface area contributed by atoms with Crippen molar-refractivity contribution >= 4 is 14.3 Å². The van der Waals surface area contributed by atoms with Crippen molar-refractivity contribution in [3.63, 3.8) is 0 Å². The van der Waals surface area contributed by atoms with Gasteiger partial charge in [-0.05, 0) is 39.2 Å². The molecule has 5 nitrogen and oxygen atoms in total. The zero-order valence-electron chi connectivity index (χ0n) is 13.0. The summed E-state index contributed by atoms with van der Waals surface area (Å²) in [5, 5.41) is 0. The maximum atomic E-state index is 11.4. The molecule has 0 aromatic heterocycles. The van der Waals surface area contributed by atoms with Gasteiger partial charge in [-0.15, -0.1) is 0 Å². The van der Waals surface area contributed by atoms with Gasteiger partial charge in [-0.2, -0.15) is 0 Å². The highest BCUT2D eigenvalue weighted by Crippen LogP contribution is 2.12. The van der Waals surface area contributed by atoms with Gasteiger partial charge in [0.25, 0.3) is 0 Å². The van der Waals surface area contributed by atoms with Crippen molar-refractivity contribution in [2.75, 3.05) is 47.6 Å². The SMILES string of the molecule is COCCOC(=O)CCN(C)CCC[Si](C)(C)OC. The van der Waals surface area contributed by atoms with E-state index in [9.17, 15) is 4.79 Å². The second-order valence-electron chi connectivity index (χ2n) is 5.33. The second kappa shape index (κ2) is 10.4. The fraction of sp³-hybridized carbons (Fsp3) is 0.923. The third-order valence-electron chi connectivity index (χ3n) is 3.12. The molecule has 19 heavy (non-hydrogen) atoms. The summed E-state index contributed by atoms with van der Waals surface area (Å²) in [6.45, 7) is 6.97. The van der Waals surface area contributed by atoms with E-state index in [1.807, 2.05) is 7.05 Å².